The molecule has 0 saturated heterocycles. The molecule has 1 atom stereocenters. The van der Waals surface area contributed by atoms with Crippen molar-refractivity contribution in [3.63, 3.8) is 0 Å². The van der Waals surface area contributed by atoms with Crippen molar-refractivity contribution in [2.45, 2.75) is 27.2 Å². The monoisotopic (exact) mass is 359 g/mol. The molecule has 0 fully saturated rings. The van der Waals surface area contributed by atoms with E-state index in [0.29, 0.717) is 6.42 Å². The fourth-order valence-corrected chi connectivity index (χ4v) is 2.72. The molecule has 26 heavy (non-hydrogen) atoms. The number of aryl methyl sites for hydroxylation is 1. The molecule has 1 amide bonds. The lowest BCUT2D eigenvalue weighted by molar-refractivity contribution is -0.142. The van der Waals surface area contributed by atoms with Crippen LogP contribution in [0.2, 0.25) is 0 Å². The quantitative estimate of drug-likeness (QED) is 0.756. The van der Waals surface area contributed by atoms with Crippen LogP contribution >= 0.6 is 0 Å². The van der Waals surface area contributed by atoms with Crippen molar-refractivity contribution in [1.29, 1.82) is 0 Å². The van der Waals surface area contributed by atoms with Gasteiger partial charge in [0.2, 0.25) is 0 Å². The maximum atomic E-state index is 12.4. The van der Waals surface area contributed by atoms with Crippen LogP contribution in [0.4, 0.5) is 0 Å². The van der Waals surface area contributed by atoms with E-state index in [1.54, 1.807) is 17.9 Å². The second-order valence-electron chi connectivity index (χ2n) is 6.66. The van der Waals surface area contributed by atoms with Gasteiger partial charge in [-0.15, -0.1) is 0 Å². The van der Waals surface area contributed by atoms with E-state index in [-0.39, 0.29) is 24.1 Å². The first-order chi connectivity index (χ1) is 12.3. The molecule has 1 unspecified atom stereocenters. The summed E-state index contributed by atoms with van der Waals surface area (Å²) < 4.78 is 6.80. The largest absolute Gasteiger partial charge is 0.497 e. The van der Waals surface area contributed by atoms with Crippen molar-refractivity contribution in [3.05, 3.63) is 41.7 Å². The van der Waals surface area contributed by atoms with Crippen LogP contribution in [0.5, 0.6) is 5.75 Å². The van der Waals surface area contributed by atoms with E-state index in [1.165, 1.54) is 0 Å². The van der Waals surface area contributed by atoms with Gasteiger partial charge in [-0.3, -0.25) is 9.59 Å². The summed E-state index contributed by atoms with van der Waals surface area (Å²) in [6.45, 7) is 5.85. The van der Waals surface area contributed by atoms with Crippen LogP contribution in [0.3, 0.4) is 0 Å². The normalized spacial score (nSPS) is 12.0. The van der Waals surface area contributed by atoms with Gasteiger partial charge in [0.25, 0.3) is 5.91 Å². The van der Waals surface area contributed by atoms with Crippen molar-refractivity contribution in [3.8, 4) is 11.4 Å². The summed E-state index contributed by atoms with van der Waals surface area (Å²) >= 11 is 0. The predicted molar refractivity (Wildman–Crippen MR) is 97.8 cm³/mol. The number of carbonyl (C=O) groups is 2. The lowest BCUT2D eigenvalue weighted by Gasteiger charge is -2.14. The first kappa shape index (κ1) is 19.5. The number of aromatic nitrogens is 2. The second-order valence-corrected chi connectivity index (χ2v) is 6.66. The summed E-state index contributed by atoms with van der Waals surface area (Å²) in [5.74, 6) is -0.913. The van der Waals surface area contributed by atoms with E-state index in [4.69, 9.17) is 4.74 Å². The molecule has 1 heterocycles. The average molecular weight is 359 g/mol. The summed E-state index contributed by atoms with van der Waals surface area (Å²) in [7, 11) is 1.60. The summed E-state index contributed by atoms with van der Waals surface area (Å²) in [5.41, 5.74) is 1.87. The number of hydrogen-bond acceptors (Lipinski definition) is 4. The molecule has 0 radical (unpaired) electrons. The fraction of sp³-hybridized carbons (Fsp3) is 0.421. The number of nitrogens with zero attached hydrogens (tertiary/aromatic N) is 2. The van der Waals surface area contributed by atoms with Crippen LogP contribution in [-0.2, 0) is 4.79 Å². The van der Waals surface area contributed by atoms with Crippen LogP contribution in [-0.4, -0.2) is 40.4 Å². The third kappa shape index (κ3) is 4.84. The first-order valence-corrected chi connectivity index (χ1v) is 8.54. The molecule has 0 saturated carbocycles. The van der Waals surface area contributed by atoms with Crippen LogP contribution < -0.4 is 10.1 Å². The average Bonchev–Trinajstić information content (AvgIpc) is 2.99. The van der Waals surface area contributed by atoms with Gasteiger partial charge >= 0.3 is 5.97 Å². The molecule has 7 nitrogen and oxygen atoms in total. The van der Waals surface area contributed by atoms with E-state index in [0.717, 1.165) is 17.1 Å². The van der Waals surface area contributed by atoms with E-state index < -0.39 is 11.9 Å². The number of rotatable bonds is 8. The maximum absolute atomic E-state index is 12.4. The van der Waals surface area contributed by atoms with Crippen molar-refractivity contribution in [2.75, 3.05) is 13.7 Å². The van der Waals surface area contributed by atoms with Gasteiger partial charge in [-0.05, 0) is 49.6 Å². The summed E-state index contributed by atoms with van der Waals surface area (Å²) in [6, 6.07) is 9.02. The molecule has 0 spiro atoms. The first-order valence-electron chi connectivity index (χ1n) is 8.54. The maximum Gasteiger partial charge on any atom is 0.308 e. The minimum absolute atomic E-state index is 0.0841. The Balaban J connectivity index is 2.09. The Morgan fingerprint density at radius 2 is 1.92 bits per heavy atom. The van der Waals surface area contributed by atoms with Crippen molar-refractivity contribution in [1.82, 2.24) is 15.1 Å². The van der Waals surface area contributed by atoms with Crippen LogP contribution in [0.25, 0.3) is 5.69 Å². The highest BCUT2D eigenvalue weighted by Gasteiger charge is 2.21. The summed E-state index contributed by atoms with van der Waals surface area (Å²) in [4.78, 5) is 23.7. The molecule has 0 bridgehead atoms. The van der Waals surface area contributed by atoms with E-state index in [2.05, 4.69) is 10.4 Å². The van der Waals surface area contributed by atoms with Gasteiger partial charge in [0, 0.05) is 12.2 Å². The number of ether oxygens (including phenoxy) is 1. The highest BCUT2D eigenvalue weighted by molar-refractivity contribution is 5.92. The van der Waals surface area contributed by atoms with E-state index >= 15 is 0 Å². The minimum atomic E-state index is -0.904. The highest BCUT2D eigenvalue weighted by atomic mass is 16.5. The molecule has 0 aliphatic heterocycles. The van der Waals surface area contributed by atoms with Gasteiger partial charge in [-0.2, -0.15) is 5.10 Å². The fourth-order valence-electron chi connectivity index (χ4n) is 2.72. The molecular weight excluding hydrogens is 334 g/mol. The topological polar surface area (TPSA) is 93.5 Å². The van der Waals surface area contributed by atoms with Crippen molar-refractivity contribution >= 4 is 11.9 Å². The molecule has 1 aromatic carbocycles. The number of nitrogens with one attached hydrogen (secondary N) is 1. The van der Waals surface area contributed by atoms with Crippen molar-refractivity contribution < 1.29 is 19.4 Å². The number of aliphatic carboxylic acids is 1. The van der Waals surface area contributed by atoms with Crippen LogP contribution in [0.15, 0.2) is 30.3 Å². The Bertz CT molecular complexity index is 766. The number of carboxylic acids is 1. The summed E-state index contributed by atoms with van der Waals surface area (Å²) in [6.07, 6.45) is 0.509. The number of methoxy groups -OCH3 is 1. The van der Waals surface area contributed by atoms with Gasteiger partial charge in [0.05, 0.1) is 18.7 Å². The molecule has 2 N–H and O–H groups in total. The third-order valence-electron chi connectivity index (χ3n) is 4.05. The van der Waals surface area contributed by atoms with Gasteiger partial charge in [0.15, 0.2) is 5.69 Å². The van der Waals surface area contributed by atoms with Crippen LogP contribution in [0, 0.1) is 18.8 Å². The Morgan fingerprint density at radius 1 is 1.27 bits per heavy atom. The zero-order chi connectivity index (χ0) is 19.3. The van der Waals surface area contributed by atoms with Gasteiger partial charge < -0.3 is 15.2 Å². The number of amides is 1. The number of benzene rings is 1. The van der Waals surface area contributed by atoms with Gasteiger partial charge in [-0.25, -0.2) is 4.68 Å². The third-order valence-corrected chi connectivity index (χ3v) is 4.05. The number of hydrogen-bond donors (Lipinski definition) is 2. The standard InChI is InChI=1S/C19H25N3O4/c1-12(2)9-14(19(24)25)11-20-18(23)17-10-13(3)22(21-17)15-5-7-16(26-4)8-6-15/h5-8,10,12,14H,9,11H2,1-4H3,(H,20,23)(H,24,25). The Morgan fingerprint density at radius 3 is 2.46 bits per heavy atom. The van der Waals surface area contributed by atoms with Crippen LogP contribution in [0.1, 0.15) is 36.5 Å². The molecular formula is C19H25N3O4. The zero-order valence-electron chi connectivity index (χ0n) is 15.5. The lowest BCUT2D eigenvalue weighted by atomic mass is 9.97. The molecule has 2 aromatic rings. The van der Waals surface area contributed by atoms with E-state index in [9.17, 15) is 14.7 Å². The Hall–Kier alpha value is -2.83. The molecule has 140 valence electrons. The molecule has 0 aliphatic carbocycles. The molecule has 7 heteroatoms. The van der Waals surface area contributed by atoms with Crippen molar-refractivity contribution in [2.24, 2.45) is 11.8 Å². The lowest BCUT2D eigenvalue weighted by Crippen LogP contribution is -2.33. The zero-order valence-corrected chi connectivity index (χ0v) is 15.5. The molecule has 2 rings (SSSR count). The van der Waals surface area contributed by atoms with Gasteiger partial charge in [-0.1, -0.05) is 13.8 Å². The Kier molecular flexibility index (Phi) is 6.38. The Labute approximate surface area is 153 Å². The molecule has 0 aliphatic rings. The predicted octanol–water partition coefficient (Wildman–Crippen LogP) is 2.67. The van der Waals surface area contributed by atoms with E-state index in [1.807, 2.05) is 45.0 Å². The highest BCUT2D eigenvalue weighted by Crippen LogP contribution is 2.17. The second kappa shape index (κ2) is 8.51. The SMILES string of the molecule is COc1ccc(-n2nc(C(=O)NCC(CC(C)C)C(=O)O)cc2C)cc1. The molecule has 1 aromatic heterocycles. The number of carboxylic acid groups (broad SMARTS) is 1. The number of carbonyl (C=O) groups excluding carboxylic acids is 1. The van der Waals surface area contributed by atoms with Gasteiger partial charge in [0.1, 0.15) is 5.75 Å². The smallest absolute Gasteiger partial charge is 0.308 e. The summed E-state index contributed by atoms with van der Waals surface area (Å²) in [5, 5.41) is 16.3. The minimum Gasteiger partial charge on any atom is -0.497 e.